The molecule has 0 radical (unpaired) electrons. The van der Waals surface area contributed by atoms with Crippen LogP contribution in [0.4, 0.5) is 0 Å². The molecule has 1 aromatic heterocycles. The molecule has 96 valence electrons. The summed E-state index contributed by atoms with van der Waals surface area (Å²) in [4.78, 5) is 4.66. The average molecular weight is 283 g/mol. The highest BCUT2D eigenvalue weighted by Gasteiger charge is 2.24. The molecule has 1 aromatic carbocycles. The number of alkyl halides is 1. The zero-order valence-electron chi connectivity index (χ0n) is 10.4. The number of aromatic nitrogens is 2. The highest BCUT2D eigenvalue weighted by atomic mass is 35.5. The van der Waals surface area contributed by atoms with Crippen LogP contribution in [0.15, 0.2) is 18.2 Å². The van der Waals surface area contributed by atoms with Crippen molar-refractivity contribution in [2.24, 2.45) is 0 Å². The zero-order valence-corrected chi connectivity index (χ0v) is 11.9. The van der Waals surface area contributed by atoms with Crippen molar-refractivity contribution in [1.82, 2.24) is 9.55 Å². The smallest absolute Gasteiger partial charge is 0.127 e. The van der Waals surface area contributed by atoms with Crippen molar-refractivity contribution in [2.45, 2.75) is 44.0 Å². The van der Waals surface area contributed by atoms with Crippen LogP contribution in [-0.2, 0) is 0 Å². The van der Waals surface area contributed by atoms with E-state index < -0.39 is 0 Å². The molecule has 4 heteroatoms. The van der Waals surface area contributed by atoms with Gasteiger partial charge >= 0.3 is 0 Å². The normalized spacial score (nSPS) is 18.6. The van der Waals surface area contributed by atoms with Crippen LogP contribution in [0, 0.1) is 0 Å². The van der Waals surface area contributed by atoms with E-state index in [0.29, 0.717) is 6.04 Å². The fourth-order valence-electron chi connectivity index (χ4n) is 2.92. The number of benzene rings is 1. The molecule has 0 saturated heterocycles. The number of hydrogen-bond acceptors (Lipinski definition) is 1. The Labute approximate surface area is 117 Å². The lowest BCUT2D eigenvalue weighted by Gasteiger charge is -2.17. The largest absolute Gasteiger partial charge is 0.324 e. The average Bonchev–Trinajstić information content (AvgIpc) is 2.92. The van der Waals surface area contributed by atoms with Crippen molar-refractivity contribution >= 4 is 34.2 Å². The van der Waals surface area contributed by atoms with E-state index in [9.17, 15) is 0 Å². The van der Waals surface area contributed by atoms with Crippen molar-refractivity contribution in [1.29, 1.82) is 0 Å². The minimum absolute atomic E-state index is 0.0724. The van der Waals surface area contributed by atoms with Gasteiger partial charge < -0.3 is 4.57 Å². The highest BCUT2D eigenvalue weighted by Crippen LogP contribution is 2.36. The Morgan fingerprint density at radius 1 is 1.33 bits per heavy atom. The Hall–Kier alpha value is -0.730. The number of hydrogen-bond donors (Lipinski definition) is 0. The third-order valence-corrected chi connectivity index (χ3v) is 4.15. The van der Waals surface area contributed by atoms with Gasteiger partial charge in [0.05, 0.1) is 16.4 Å². The Kier molecular flexibility index (Phi) is 3.25. The van der Waals surface area contributed by atoms with E-state index in [-0.39, 0.29) is 5.38 Å². The van der Waals surface area contributed by atoms with Gasteiger partial charge in [-0.1, -0.05) is 24.4 Å². The molecular formula is C14H16Cl2N2. The Morgan fingerprint density at radius 2 is 2.06 bits per heavy atom. The lowest BCUT2D eigenvalue weighted by atomic mass is 10.2. The van der Waals surface area contributed by atoms with Crippen LogP contribution in [0.3, 0.4) is 0 Å². The van der Waals surface area contributed by atoms with Gasteiger partial charge in [-0.3, -0.25) is 0 Å². The zero-order chi connectivity index (χ0) is 12.7. The predicted molar refractivity (Wildman–Crippen MR) is 76.5 cm³/mol. The van der Waals surface area contributed by atoms with Crippen molar-refractivity contribution in [2.75, 3.05) is 0 Å². The first kappa shape index (κ1) is 12.3. The fourth-order valence-corrected chi connectivity index (χ4v) is 3.24. The maximum absolute atomic E-state index is 6.28. The van der Waals surface area contributed by atoms with E-state index in [1.165, 1.54) is 25.7 Å². The van der Waals surface area contributed by atoms with Crippen molar-refractivity contribution in [3.05, 3.63) is 29.0 Å². The van der Waals surface area contributed by atoms with E-state index in [4.69, 9.17) is 23.2 Å². The van der Waals surface area contributed by atoms with Crippen LogP contribution in [-0.4, -0.2) is 9.55 Å². The summed E-state index contributed by atoms with van der Waals surface area (Å²) in [6, 6.07) is 6.46. The summed E-state index contributed by atoms with van der Waals surface area (Å²) in [7, 11) is 0. The lowest BCUT2D eigenvalue weighted by Crippen LogP contribution is -2.09. The van der Waals surface area contributed by atoms with Crippen molar-refractivity contribution < 1.29 is 0 Å². The molecule has 1 saturated carbocycles. The van der Waals surface area contributed by atoms with Gasteiger partial charge in [0.2, 0.25) is 0 Å². The molecule has 0 spiro atoms. The molecule has 1 fully saturated rings. The predicted octanol–water partition coefficient (Wildman–Crippen LogP) is 5.10. The van der Waals surface area contributed by atoms with Crippen LogP contribution in [0.25, 0.3) is 11.0 Å². The first-order valence-corrected chi connectivity index (χ1v) is 7.29. The van der Waals surface area contributed by atoms with Gasteiger partial charge in [-0.25, -0.2) is 4.98 Å². The van der Waals surface area contributed by atoms with Gasteiger partial charge in [0.1, 0.15) is 5.82 Å². The van der Waals surface area contributed by atoms with Crippen LogP contribution >= 0.6 is 23.2 Å². The quantitative estimate of drug-likeness (QED) is 0.701. The Morgan fingerprint density at radius 3 is 2.72 bits per heavy atom. The van der Waals surface area contributed by atoms with E-state index >= 15 is 0 Å². The second-order valence-corrected chi connectivity index (χ2v) is 6.12. The van der Waals surface area contributed by atoms with Gasteiger partial charge in [0.15, 0.2) is 0 Å². The summed E-state index contributed by atoms with van der Waals surface area (Å²) in [5, 5.41) is 0.657. The Bertz CT molecular complexity index is 568. The van der Waals surface area contributed by atoms with Crippen molar-refractivity contribution in [3.63, 3.8) is 0 Å². The standard InChI is InChI=1S/C14H16Cl2N2/c1-9(15)14-17-12-8-10(16)6-7-13(12)18(14)11-4-2-3-5-11/h6-9,11H,2-5H2,1H3. The number of nitrogens with zero attached hydrogens (tertiary/aromatic N) is 2. The van der Waals surface area contributed by atoms with Crippen molar-refractivity contribution in [3.8, 4) is 0 Å². The summed E-state index contributed by atoms with van der Waals surface area (Å²) < 4.78 is 2.33. The van der Waals surface area contributed by atoms with Crippen LogP contribution in [0.5, 0.6) is 0 Å². The van der Waals surface area contributed by atoms with E-state index in [0.717, 1.165) is 21.9 Å². The van der Waals surface area contributed by atoms with E-state index in [1.54, 1.807) is 0 Å². The summed E-state index contributed by atoms with van der Waals surface area (Å²) in [5.74, 6) is 0.973. The summed E-state index contributed by atoms with van der Waals surface area (Å²) in [5.41, 5.74) is 2.12. The first-order valence-electron chi connectivity index (χ1n) is 6.48. The third-order valence-electron chi connectivity index (χ3n) is 3.72. The van der Waals surface area contributed by atoms with Crippen LogP contribution in [0.2, 0.25) is 5.02 Å². The summed E-state index contributed by atoms with van der Waals surface area (Å²) >= 11 is 12.3. The molecule has 1 atom stereocenters. The number of imidazole rings is 1. The van der Waals surface area contributed by atoms with Gasteiger partial charge in [-0.2, -0.15) is 0 Å². The molecule has 0 bridgehead atoms. The SMILES string of the molecule is CC(Cl)c1nc2cc(Cl)ccc2n1C1CCCC1. The second kappa shape index (κ2) is 4.75. The van der Waals surface area contributed by atoms with Gasteiger partial charge in [0.25, 0.3) is 0 Å². The van der Waals surface area contributed by atoms with E-state index in [1.807, 2.05) is 19.1 Å². The molecule has 1 aliphatic rings. The maximum atomic E-state index is 6.28. The van der Waals surface area contributed by atoms with Gasteiger partial charge in [-0.05, 0) is 38.0 Å². The molecule has 0 amide bonds. The molecule has 18 heavy (non-hydrogen) atoms. The molecule has 2 aromatic rings. The van der Waals surface area contributed by atoms with Crippen LogP contribution in [0.1, 0.15) is 49.9 Å². The monoisotopic (exact) mass is 282 g/mol. The summed E-state index contributed by atoms with van der Waals surface area (Å²) in [6.45, 7) is 1.98. The number of halogens is 2. The molecule has 0 aliphatic heterocycles. The molecule has 2 nitrogen and oxygen atoms in total. The number of fused-ring (bicyclic) bond motifs is 1. The lowest BCUT2D eigenvalue weighted by molar-refractivity contribution is 0.510. The minimum Gasteiger partial charge on any atom is -0.324 e. The molecule has 3 rings (SSSR count). The third kappa shape index (κ3) is 2.02. The highest BCUT2D eigenvalue weighted by molar-refractivity contribution is 6.31. The Balaban J connectivity index is 2.21. The minimum atomic E-state index is -0.0724. The molecular weight excluding hydrogens is 267 g/mol. The topological polar surface area (TPSA) is 17.8 Å². The van der Waals surface area contributed by atoms with Gasteiger partial charge in [-0.15, -0.1) is 11.6 Å². The molecule has 1 aliphatic carbocycles. The molecule has 0 N–H and O–H groups in total. The maximum Gasteiger partial charge on any atom is 0.127 e. The summed E-state index contributed by atoms with van der Waals surface area (Å²) in [6.07, 6.45) is 5.05. The molecule has 1 heterocycles. The first-order chi connectivity index (χ1) is 8.66. The second-order valence-electron chi connectivity index (χ2n) is 5.03. The number of rotatable bonds is 2. The van der Waals surface area contributed by atoms with E-state index in [2.05, 4.69) is 15.6 Å². The fraction of sp³-hybridized carbons (Fsp3) is 0.500. The van der Waals surface area contributed by atoms with Crippen LogP contribution < -0.4 is 0 Å². The molecule has 1 unspecified atom stereocenters. The van der Waals surface area contributed by atoms with Gasteiger partial charge in [0, 0.05) is 11.1 Å².